The fraction of sp³-hybridized carbons (Fsp3) is 0.467. The second kappa shape index (κ2) is 14.0. The average molecular weight is 493 g/mol. The minimum absolute atomic E-state index is 0.0164. The summed E-state index contributed by atoms with van der Waals surface area (Å²) in [5.41, 5.74) is 1.53. The molecule has 0 saturated heterocycles. The first kappa shape index (κ1) is 29.3. The highest BCUT2D eigenvalue weighted by Crippen LogP contribution is 2.16. The zero-order valence-corrected chi connectivity index (χ0v) is 22.5. The van der Waals surface area contributed by atoms with Gasteiger partial charge in [-0.15, -0.1) is 0 Å². The Morgan fingerprint density at radius 3 is 1.03 bits per heavy atom. The fourth-order valence-electron chi connectivity index (χ4n) is 4.31. The Morgan fingerprint density at radius 2 is 0.778 bits per heavy atom. The van der Waals surface area contributed by atoms with Crippen LogP contribution in [0.4, 0.5) is 0 Å². The van der Waals surface area contributed by atoms with Crippen molar-refractivity contribution in [2.24, 2.45) is 11.8 Å². The van der Waals surface area contributed by atoms with Crippen molar-refractivity contribution in [2.75, 3.05) is 39.3 Å². The Balaban J connectivity index is 2.06. The lowest BCUT2D eigenvalue weighted by Crippen LogP contribution is -2.31. The minimum Gasteiger partial charge on any atom is -0.303 e. The molecule has 0 aliphatic rings. The Labute approximate surface area is 215 Å². The van der Waals surface area contributed by atoms with Crippen LogP contribution in [-0.4, -0.2) is 72.2 Å². The van der Waals surface area contributed by atoms with Crippen molar-refractivity contribution in [1.29, 1.82) is 0 Å². The predicted molar refractivity (Wildman–Crippen MR) is 144 cm³/mol. The highest BCUT2D eigenvalue weighted by molar-refractivity contribution is 6.49. The summed E-state index contributed by atoms with van der Waals surface area (Å²) in [5.74, 6) is -1.57. The van der Waals surface area contributed by atoms with Crippen molar-refractivity contribution in [3.8, 4) is 0 Å². The summed E-state index contributed by atoms with van der Waals surface area (Å²) in [7, 11) is 0. The third-order valence-electron chi connectivity index (χ3n) is 6.82. The number of hydrogen-bond acceptors (Lipinski definition) is 6. The van der Waals surface area contributed by atoms with Crippen molar-refractivity contribution in [3.63, 3.8) is 0 Å². The summed E-state index contributed by atoms with van der Waals surface area (Å²) in [4.78, 5) is 55.5. The lowest BCUT2D eigenvalue weighted by molar-refractivity contribution is 0.0816. The second-order valence-electron chi connectivity index (χ2n) is 9.32. The summed E-state index contributed by atoms with van der Waals surface area (Å²) in [6, 6.07) is 12.6. The molecule has 2 rings (SSSR count). The molecule has 2 aromatic carbocycles. The number of hydrogen-bond donors (Lipinski definition) is 0. The minimum atomic E-state index is -0.640. The number of rotatable bonds is 15. The Kier molecular flexibility index (Phi) is 11.3. The first-order chi connectivity index (χ1) is 17.2. The summed E-state index contributed by atoms with van der Waals surface area (Å²) in [5, 5.41) is 0. The zero-order valence-electron chi connectivity index (χ0n) is 22.5. The van der Waals surface area contributed by atoms with Gasteiger partial charge in [0.15, 0.2) is 11.6 Å². The van der Waals surface area contributed by atoms with Crippen LogP contribution in [0, 0.1) is 11.8 Å². The van der Waals surface area contributed by atoms with Gasteiger partial charge in [-0.05, 0) is 26.2 Å². The molecule has 0 bridgehead atoms. The van der Waals surface area contributed by atoms with Crippen LogP contribution < -0.4 is 0 Å². The van der Waals surface area contributed by atoms with E-state index in [1.54, 1.807) is 24.3 Å². The van der Waals surface area contributed by atoms with Crippen LogP contribution in [0.25, 0.3) is 0 Å². The fourth-order valence-corrected chi connectivity index (χ4v) is 4.31. The van der Waals surface area contributed by atoms with Crippen LogP contribution in [0.2, 0.25) is 0 Å². The quantitative estimate of drug-likeness (QED) is 0.255. The SMILES string of the molecule is CCN(CC)CC(C)C(=O)c1ccc(C(=O)C(=O)c2ccc(C(=O)C(C)CN(CC)CC)cc2)cc1. The van der Waals surface area contributed by atoms with E-state index in [0.29, 0.717) is 24.2 Å². The molecule has 0 fully saturated rings. The molecule has 0 N–H and O–H groups in total. The molecule has 0 aromatic heterocycles. The summed E-state index contributed by atoms with van der Waals surface area (Å²) < 4.78 is 0. The molecule has 0 aliphatic heterocycles. The highest BCUT2D eigenvalue weighted by atomic mass is 16.2. The van der Waals surface area contributed by atoms with E-state index in [0.717, 1.165) is 26.2 Å². The number of ketones is 4. The van der Waals surface area contributed by atoms with Gasteiger partial charge in [0.1, 0.15) is 0 Å². The van der Waals surface area contributed by atoms with Crippen molar-refractivity contribution in [2.45, 2.75) is 41.5 Å². The van der Waals surface area contributed by atoms with Gasteiger partial charge in [-0.2, -0.15) is 0 Å². The number of nitrogens with zero attached hydrogens (tertiary/aromatic N) is 2. The maximum absolute atomic E-state index is 12.8. The monoisotopic (exact) mass is 492 g/mol. The maximum Gasteiger partial charge on any atom is 0.233 e. The molecule has 2 aromatic rings. The van der Waals surface area contributed by atoms with Gasteiger partial charge in [0.2, 0.25) is 11.6 Å². The molecule has 0 amide bonds. The average Bonchev–Trinajstić information content (AvgIpc) is 2.92. The van der Waals surface area contributed by atoms with Crippen molar-refractivity contribution in [3.05, 3.63) is 70.8 Å². The van der Waals surface area contributed by atoms with Crippen molar-refractivity contribution in [1.82, 2.24) is 9.80 Å². The van der Waals surface area contributed by atoms with Crippen LogP contribution in [0.15, 0.2) is 48.5 Å². The van der Waals surface area contributed by atoms with E-state index < -0.39 is 11.6 Å². The van der Waals surface area contributed by atoms with Crippen LogP contribution in [0.3, 0.4) is 0 Å². The molecule has 0 aliphatic carbocycles. The van der Waals surface area contributed by atoms with Crippen LogP contribution >= 0.6 is 0 Å². The van der Waals surface area contributed by atoms with Gasteiger partial charge in [-0.25, -0.2) is 0 Å². The second-order valence-corrected chi connectivity index (χ2v) is 9.32. The first-order valence-electron chi connectivity index (χ1n) is 13.0. The summed E-state index contributed by atoms with van der Waals surface area (Å²) >= 11 is 0. The van der Waals surface area contributed by atoms with Crippen LogP contribution in [-0.2, 0) is 0 Å². The van der Waals surface area contributed by atoms with Gasteiger partial charge in [0.25, 0.3) is 0 Å². The van der Waals surface area contributed by atoms with E-state index in [2.05, 4.69) is 37.5 Å². The third-order valence-corrected chi connectivity index (χ3v) is 6.82. The van der Waals surface area contributed by atoms with E-state index in [1.807, 2.05) is 13.8 Å². The van der Waals surface area contributed by atoms with Gasteiger partial charge < -0.3 is 9.80 Å². The molecule has 0 heterocycles. The first-order valence-corrected chi connectivity index (χ1v) is 13.0. The Bertz CT molecular complexity index is 950. The number of carbonyl (C=O) groups excluding carboxylic acids is 4. The molecule has 36 heavy (non-hydrogen) atoms. The van der Waals surface area contributed by atoms with E-state index in [1.165, 1.54) is 24.3 Å². The number of carbonyl (C=O) groups is 4. The van der Waals surface area contributed by atoms with Crippen LogP contribution in [0.1, 0.15) is 83.0 Å². The van der Waals surface area contributed by atoms with Gasteiger partial charge in [0, 0.05) is 47.2 Å². The molecule has 0 spiro atoms. The predicted octanol–water partition coefficient (Wildman–Crippen LogP) is 5.07. The molecule has 6 nitrogen and oxygen atoms in total. The molecule has 6 heteroatoms. The van der Waals surface area contributed by atoms with E-state index in [4.69, 9.17) is 0 Å². The van der Waals surface area contributed by atoms with E-state index in [9.17, 15) is 19.2 Å². The maximum atomic E-state index is 12.8. The molecule has 2 unspecified atom stereocenters. The van der Waals surface area contributed by atoms with Gasteiger partial charge in [0.05, 0.1) is 0 Å². The lowest BCUT2D eigenvalue weighted by atomic mass is 9.94. The standard InChI is InChI=1S/C30H40N2O4/c1-7-31(8-2)19-21(5)27(33)23-11-15-25(16-12-23)29(35)30(36)26-17-13-24(14-18-26)28(34)22(6)20-32(9-3)10-4/h11-18,21-22H,7-10,19-20H2,1-6H3. The third kappa shape index (κ3) is 7.52. The molecule has 194 valence electrons. The number of Topliss-reactive ketones (excluding diaryl/α,β-unsaturated/α-hetero) is 4. The van der Waals surface area contributed by atoms with Crippen molar-refractivity contribution >= 4 is 23.1 Å². The van der Waals surface area contributed by atoms with Gasteiger partial charge in [-0.3, -0.25) is 19.2 Å². The van der Waals surface area contributed by atoms with Crippen molar-refractivity contribution < 1.29 is 19.2 Å². The Hall–Kier alpha value is -2.96. The van der Waals surface area contributed by atoms with Gasteiger partial charge in [-0.1, -0.05) is 90.1 Å². The van der Waals surface area contributed by atoms with E-state index >= 15 is 0 Å². The zero-order chi connectivity index (χ0) is 26.8. The molecular weight excluding hydrogens is 452 g/mol. The molecular formula is C30H40N2O4. The highest BCUT2D eigenvalue weighted by Gasteiger charge is 2.22. The Morgan fingerprint density at radius 1 is 0.528 bits per heavy atom. The van der Waals surface area contributed by atoms with Gasteiger partial charge >= 0.3 is 0 Å². The molecule has 2 atom stereocenters. The molecule has 0 radical (unpaired) electrons. The topological polar surface area (TPSA) is 74.8 Å². The summed E-state index contributed by atoms with van der Waals surface area (Å²) in [6.45, 7) is 17.0. The normalized spacial score (nSPS) is 13.0. The smallest absolute Gasteiger partial charge is 0.233 e. The largest absolute Gasteiger partial charge is 0.303 e. The summed E-state index contributed by atoms with van der Waals surface area (Å²) in [6.07, 6.45) is 0. The molecule has 0 saturated carbocycles. The lowest BCUT2D eigenvalue weighted by Gasteiger charge is -2.22. The van der Waals surface area contributed by atoms with Crippen LogP contribution in [0.5, 0.6) is 0 Å². The number of benzene rings is 2. The van der Waals surface area contributed by atoms with E-state index in [-0.39, 0.29) is 34.5 Å².